The van der Waals surface area contributed by atoms with E-state index in [0.29, 0.717) is 11.1 Å². The third kappa shape index (κ3) is 4.84. The van der Waals surface area contributed by atoms with Gasteiger partial charge in [0, 0.05) is 28.6 Å². The van der Waals surface area contributed by atoms with E-state index in [-0.39, 0.29) is 24.3 Å². The van der Waals surface area contributed by atoms with Crippen LogP contribution in [0.3, 0.4) is 0 Å². The van der Waals surface area contributed by atoms with Gasteiger partial charge in [-0.05, 0) is 52.8 Å². The number of aryl methyl sites for hydroxylation is 1. The Morgan fingerprint density at radius 3 is 2.26 bits per heavy atom. The van der Waals surface area contributed by atoms with Crippen LogP contribution in [0.4, 0.5) is 0 Å². The number of aromatic nitrogens is 1. The monoisotopic (exact) mass is 370 g/mol. The predicted octanol–water partition coefficient (Wildman–Crippen LogP) is 3.23. The summed E-state index contributed by atoms with van der Waals surface area (Å²) in [5, 5.41) is 2.57. The van der Waals surface area contributed by atoms with Gasteiger partial charge in [-0.3, -0.25) is 9.59 Å². The van der Waals surface area contributed by atoms with Gasteiger partial charge in [-0.2, -0.15) is 0 Å². The molecular formula is C21H26N2O4. The first-order valence-corrected chi connectivity index (χ1v) is 8.96. The van der Waals surface area contributed by atoms with E-state index in [0.717, 1.165) is 11.4 Å². The van der Waals surface area contributed by atoms with Crippen molar-refractivity contribution >= 4 is 17.7 Å². The third-order valence-electron chi connectivity index (χ3n) is 4.38. The lowest BCUT2D eigenvalue weighted by Crippen LogP contribution is -2.40. The number of nitrogens with zero attached hydrogens (tertiary/aromatic N) is 1. The molecular weight excluding hydrogens is 344 g/mol. The van der Waals surface area contributed by atoms with E-state index >= 15 is 0 Å². The second-order valence-electron chi connectivity index (χ2n) is 6.84. The van der Waals surface area contributed by atoms with Gasteiger partial charge < -0.3 is 14.6 Å². The highest BCUT2D eigenvalue weighted by atomic mass is 16.5. The fourth-order valence-electron chi connectivity index (χ4n) is 3.12. The fourth-order valence-corrected chi connectivity index (χ4v) is 3.12. The zero-order valence-electron chi connectivity index (χ0n) is 16.4. The van der Waals surface area contributed by atoms with Crippen LogP contribution >= 0.6 is 0 Å². The first-order chi connectivity index (χ1) is 12.7. The molecule has 6 nitrogen and oxygen atoms in total. The van der Waals surface area contributed by atoms with Gasteiger partial charge in [0.15, 0.2) is 6.61 Å². The largest absolute Gasteiger partial charge is 0.456 e. The quantitative estimate of drug-likeness (QED) is 0.600. The Labute approximate surface area is 159 Å². The number of nitrogens with one attached hydrogen (secondary N) is 1. The van der Waals surface area contributed by atoms with E-state index in [1.54, 1.807) is 30.3 Å². The van der Waals surface area contributed by atoms with E-state index < -0.39 is 12.0 Å². The molecule has 0 radical (unpaired) electrons. The highest BCUT2D eigenvalue weighted by Crippen LogP contribution is 2.20. The van der Waals surface area contributed by atoms with E-state index in [2.05, 4.69) is 9.88 Å². The van der Waals surface area contributed by atoms with E-state index in [1.807, 2.05) is 33.8 Å². The Bertz CT molecular complexity index is 837. The molecule has 6 heteroatoms. The summed E-state index contributed by atoms with van der Waals surface area (Å²) in [6.45, 7) is 9.09. The number of carbonyl (C=O) groups excluding carboxylic acids is 3. The molecule has 0 aliphatic rings. The van der Waals surface area contributed by atoms with Crippen molar-refractivity contribution in [2.75, 3.05) is 6.61 Å². The van der Waals surface area contributed by atoms with Gasteiger partial charge in [0.1, 0.15) is 6.04 Å². The summed E-state index contributed by atoms with van der Waals surface area (Å²) in [6.07, 6.45) is 0. The van der Waals surface area contributed by atoms with Gasteiger partial charge in [-0.15, -0.1) is 0 Å². The van der Waals surface area contributed by atoms with Gasteiger partial charge in [-0.1, -0.05) is 18.2 Å². The topological polar surface area (TPSA) is 77.4 Å². The van der Waals surface area contributed by atoms with Crippen molar-refractivity contribution in [3.63, 3.8) is 0 Å². The van der Waals surface area contributed by atoms with Gasteiger partial charge in [0.05, 0.1) is 0 Å². The molecule has 0 saturated carbocycles. The third-order valence-corrected chi connectivity index (χ3v) is 4.38. The second kappa shape index (κ2) is 8.66. The van der Waals surface area contributed by atoms with Gasteiger partial charge >= 0.3 is 5.97 Å². The molecule has 2 rings (SSSR count). The minimum absolute atomic E-state index is 0.238. The number of amides is 1. The molecule has 1 amide bonds. The normalized spacial score (nSPS) is 11.9. The van der Waals surface area contributed by atoms with E-state index in [1.165, 1.54) is 6.92 Å². The van der Waals surface area contributed by atoms with Crippen LogP contribution in [0.2, 0.25) is 0 Å². The molecule has 1 aromatic carbocycles. The molecule has 1 aromatic heterocycles. The van der Waals surface area contributed by atoms with Crippen LogP contribution in [0.1, 0.15) is 58.9 Å². The van der Waals surface area contributed by atoms with Crippen LogP contribution in [0.25, 0.3) is 0 Å². The molecule has 144 valence electrons. The van der Waals surface area contributed by atoms with Crippen molar-refractivity contribution in [3.05, 3.63) is 58.9 Å². The van der Waals surface area contributed by atoms with Crippen molar-refractivity contribution in [2.45, 2.75) is 46.7 Å². The first-order valence-electron chi connectivity index (χ1n) is 8.96. The van der Waals surface area contributed by atoms with Crippen LogP contribution in [-0.4, -0.2) is 34.9 Å². The Hall–Kier alpha value is -2.89. The van der Waals surface area contributed by atoms with Crippen molar-refractivity contribution in [1.82, 2.24) is 9.88 Å². The molecule has 1 atom stereocenters. The molecule has 0 bridgehead atoms. The maximum atomic E-state index is 12.4. The van der Waals surface area contributed by atoms with Crippen molar-refractivity contribution < 1.29 is 19.1 Å². The minimum atomic E-state index is -0.853. The van der Waals surface area contributed by atoms with Crippen LogP contribution in [0.5, 0.6) is 0 Å². The summed E-state index contributed by atoms with van der Waals surface area (Å²) in [5.74, 6) is -1.28. The zero-order valence-corrected chi connectivity index (χ0v) is 16.4. The number of ketones is 1. The molecule has 2 aromatic rings. The smallest absolute Gasteiger partial charge is 0.328 e. The number of rotatable bonds is 7. The Morgan fingerprint density at radius 1 is 1.07 bits per heavy atom. The Morgan fingerprint density at radius 2 is 1.70 bits per heavy atom. The van der Waals surface area contributed by atoms with Gasteiger partial charge in [0.2, 0.25) is 5.78 Å². The van der Waals surface area contributed by atoms with Gasteiger partial charge in [0.25, 0.3) is 5.91 Å². The maximum absolute atomic E-state index is 12.4. The molecule has 0 spiro atoms. The standard InChI is InChI=1S/C21H26N2O4/c1-13(2)23-14(3)11-18(16(23)5)19(24)12-27-21(26)15(4)22-20(25)17-9-7-6-8-10-17/h6-11,13,15H,12H2,1-5H3,(H,22,25)/t15-/m0/s1. The number of hydrogen-bond donors (Lipinski definition) is 1. The summed E-state index contributed by atoms with van der Waals surface area (Å²) in [7, 11) is 0. The molecule has 0 saturated heterocycles. The lowest BCUT2D eigenvalue weighted by molar-refractivity contribution is -0.144. The zero-order chi connectivity index (χ0) is 20.1. The molecule has 0 fully saturated rings. The molecule has 27 heavy (non-hydrogen) atoms. The highest BCUT2D eigenvalue weighted by molar-refractivity contribution is 6.00. The second-order valence-corrected chi connectivity index (χ2v) is 6.84. The Kier molecular flexibility index (Phi) is 6.55. The lowest BCUT2D eigenvalue weighted by atomic mass is 10.1. The molecule has 0 unspecified atom stereocenters. The number of esters is 1. The van der Waals surface area contributed by atoms with Crippen LogP contribution < -0.4 is 5.32 Å². The fraction of sp³-hybridized carbons (Fsp3) is 0.381. The number of carbonyl (C=O) groups is 3. The van der Waals surface area contributed by atoms with Crippen molar-refractivity contribution in [2.24, 2.45) is 0 Å². The summed E-state index contributed by atoms with van der Waals surface area (Å²) in [4.78, 5) is 36.6. The molecule has 1 heterocycles. The van der Waals surface area contributed by atoms with Crippen LogP contribution in [0.15, 0.2) is 36.4 Å². The summed E-state index contributed by atoms with van der Waals surface area (Å²) >= 11 is 0. The number of Topliss-reactive ketones (excluding diaryl/α,β-unsaturated/α-hetero) is 1. The lowest BCUT2D eigenvalue weighted by Gasteiger charge is -2.14. The number of hydrogen-bond acceptors (Lipinski definition) is 4. The number of benzene rings is 1. The minimum Gasteiger partial charge on any atom is -0.456 e. The van der Waals surface area contributed by atoms with Crippen molar-refractivity contribution in [1.29, 1.82) is 0 Å². The SMILES string of the molecule is Cc1cc(C(=O)COC(=O)[C@H](C)NC(=O)c2ccccc2)c(C)n1C(C)C. The van der Waals surface area contributed by atoms with E-state index in [4.69, 9.17) is 4.74 Å². The molecule has 0 aliphatic heterocycles. The molecule has 1 N–H and O–H groups in total. The first kappa shape index (κ1) is 20.4. The highest BCUT2D eigenvalue weighted by Gasteiger charge is 2.21. The maximum Gasteiger partial charge on any atom is 0.328 e. The summed E-state index contributed by atoms with van der Waals surface area (Å²) < 4.78 is 7.18. The average molecular weight is 370 g/mol. The summed E-state index contributed by atoms with van der Waals surface area (Å²) in [6, 6.07) is 9.79. The van der Waals surface area contributed by atoms with Gasteiger partial charge in [-0.25, -0.2) is 4.79 Å². The average Bonchev–Trinajstić information content (AvgIpc) is 2.94. The van der Waals surface area contributed by atoms with E-state index in [9.17, 15) is 14.4 Å². The van der Waals surface area contributed by atoms with Crippen LogP contribution in [-0.2, 0) is 9.53 Å². The molecule has 0 aliphatic carbocycles. The van der Waals surface area contributed by atoms with Crippen molar-refractivity contribution in [3.8, 4) is 0 Å². The Balaban J connectivity index is 1.94. The van der Waals surface area contributed by atoms with Crippen LogP contribution in [0, 0.1) is 13.8 Å². The predicted molar refractivity (Wildman–Crippen MR) is 103 cm³/mol. The number of ether oxygens (including phenoxy) is 1. The summed E-state index contributed by atoms with van der Waals surface area (Å²) in [5.41, 5.74) is 2.85.